The summed E-state index contributed by atoms with van der Waals surface area (Å²) in [7, 11) is 0. The van der Waals surface area contributed by atoms with Crippen LogP contribution in [0.15, 0.2) is 27.5 Å². The lowest BCUT2D eigenvalue weighted by Gasteiger charge is -2.25. The lowest BCUT2D eigenvalue weighted by Crippen LogP contribution is -2.34. The first-order valence-corrected chi connectivity index (χ1v) is 5.92. The van der Waals surface area contributed by atoms with E-state index in [4.69, 9.17) is 8.94 Å². The Kier molecular flexibility index (Phi) is 2.68. The van der Waals surface area contributed by atoms with E-state index in [-0.39, 0.29) is 0 Å². The van der Waals surface area contributed by atoms with E-state index in [0.29, 0.717) is 17.8 Å². The number of nitrogens with one attached hydrogen (secondary N) is 1. The smallest absolute Gasteiger partial charge is 0.230 e. The van der Waals surface area contributed by atoms with Crippen molar-refractivity contribution in [3.63, 3.8) is 0 Å². The molecule has 1 aliphatic rings. The average molecular weight is 233 g/mol. The van der Waals surface area contributed by atoms with Crippen molar-refractivity contribution in [2.24, 2.45) is 0 Å². The van der Waals surface area contributed by atoms with Crippen molar-refractivity contribution in [2.45, 2.75) is 31.7 Å². The SMILES string of the molecule is CC1CC(c2nc(-c3ccoc3)no2)CCN1. The Bertz CT molecular complexity index is 478. The highest BCUT2D eigenvalue weighted by Crippen LogP contribution is 2.28. The van der Waals surface area contributed by atoms with Crippen LogP contribution in [-0.2, 0) is 0 Å². The van der Waals surface area contributed by atoms with Gasteiger partial charge in [0.15, 0.2) is 0 Å². The summed E-state index contributed by atoms with van der Waals surface area (Å²) in [5.74, 6) is 1.73. The molecule has 5 heteroatoms. The van der Waals surface area contributed by atoms with Gasteiger partial charge in [-0.1, -0.05) is 5.16 Å². The second-order valence-electron chi connectivity index (χ2n) is 4.54. The fourth-order valence-corrected chi connectivity index (χ4v) is 2.27. The molecule has 17 heavy (non-hydrogen) atoms. The van der Waals surface area contributed by atoms with E-state index in [0.717, 1.165) is 30.8 Å². The van der Waals surface area contributed by atoms with Gasteiger partial charge >= 0.3 is 0 Å². The predicted molar refractivity (Wildman–Crippen MR) is 61.4 cm³/mol. The molecule has 0 aliphatic carbocycles. The van der Waals surface area contributed by atoms with Crippen LogP contribution in [0, 0.1) is 0 Å². The van der Waals surface area contributed by atoms with Crippen LogP contribution in [0.5, 0.6) is 0 Å². The third-order valence-electron chi connectivity index (χ3n) is 3.19. The maximum atomic E-state index is 5.35. The number of hydrogen-bond donors (Lipinski definition) is 1. The van der Waals surface area contributed by atoms with Gasteiger partial charge in [-0.05, 0) is 32.4 Å². The van der Waals surface area contributed by atoms with Gasteiger partial charge in [-0.25, -0.2) is 0 Å². The van der Waals surface area contributed by atoms with Gasteiger partial charge in [-0.15, -0.1) is 0 Å². The number of piperidine rings is 1. The summed E-state index contributed by atoms with van der Waals surface area (Å²) in [6.45, 7) is 3.19. The molecule has 2 atom stereocenters. The van der Waals surface area contributed by atoms with E-state index >= 15 is 0 Å². The van der Waals surface area contributed by atoms with Gasteiger partial charge in [0.25, 0.3) is 0 Å². The Balaban J connectivity index is 1.80. The lowest BCUT2D eigenvalue weighted by molar-refractivity contribution is 0.295. The van der Waals surface area contributed by atoms with Crippen LogP contribution in [0.25, 0.3) is 11.4 Å². The molecule has 0 saturated carbocycles. The van der Waals surface area contributed by atoms with Gasteiger partial charge < -0.3 is 14.3 Å². The molecule has 1 N–H and O–H groups in total. The summed E-state index contributed by atoms with van der Waals surface area (Å²) in [5.41, 5.74) is 0.863. The van der Waals surface area contributed by atoms with E-state index in [2.05, 4.69) is 22.4 Å². The zero-order valence-corrected chi connectivity index (χ0v) is 9.72. The predicted octanol–water partition coefficient (Wildman–Crippen LogP) is 2.19. The molecular formula is C12H15N3O2. The third kappa shape index (κ3) is 2.10. The second kappa shape index (κ2) is 4.33. The molecule has 0 amide bonds. The lowest BCUT2D eigenvalue weighted by atomic mass is 9.93. The second-order valence-corrected chi connectivity index (χ2v) is 4.54. The standard InChI is InChI=1S/C12H15N3O2/c1-8-6-9(2-4-13-8)12-14-11(15-17-12)10-3-5-16-7-10/h3,5,7-9,13H,2,4,6H2,1H3. The fourth-order valence-electron chi connectivity index (χ4n) is 2.27. The molecule has 1 fully saturated rings. The van der Waals surface area contributed by atoms with E-state index in [1.807, 2.05) is 6.07 Å². The molecule has 0 spiro atoms. The van der Waals surface area contributed by atoms with Crippen molar-refractivity contribution in [3.05, 3.63) is 24.5 Å². The molecule has 1 saturated heterocycles. The summed E-state index contributed by atoms with van der Waals surface area (Å²) in [6.07, 6.45) is 5.34. The van der Waals surface area contributed by atoms with Gasteiger partial charge in [-0.3, -0.25) is 0 Å². The van der Waals surface area contributed by atoms with Gasteiger partial charge in [-0.2, -0.15) is 4.98 Å². The molecule has 2 aromatic rings. The zero-order chi connectivity index (χ0) is 11.7. The fraction of sp³-hybridized carbons (Fsp3) is 0.500. The minimum Gasteiger partial charge on any atom is -0.472 e. The molecular weight excluding hydrogens is 218 g/mol. The highest BCUT2D eigenvalue weighted by atomic mass is 16.5. The highest BCUT2D eigenvalue weighted by molar-refractivity contribution is 5.51. The van der Waals surface area contributed by atoms with Crippen molar-refractivity contribution < 1.29 is 8.94 Å². The van der Waals surface area contributed by atoms with E-state index in [1.54, 1.807) is 12.5 Å². The quantitative estimate of drug-likeness (QED) is 0.861. The summed E-state index contributed by atoms with van der Waals surface area (Å²) >= 11 is 0. The van der Waals surface area contributed by atoms with Crippen LogP contribution >= 0.6 is 0 Å². The van der Waals surface area contributed by atoms with Crippen molar-refractivity contribution in [2.75, 3.05) is 6.54 Å². The first kappa shape index (κ1) is 10.5. The van der Waals surface area contributed by atoms with Gasteiger partial charge in [0.2, 0.25) is 11.7 Å². The monoisotopic (exact) mass is 233 g/mol. The first-order chi connectivity index (χ1) is 8.33. The Morgan fingerprint density at radius 2 is 2.41 bits per heavy atom. The minimum absolute atomic E-state index is 0.374. The molecule has 90 valence electrons. The molecule has 3 heterocycles. The van der Waals surface area contributed by atoms with Crippen LogP contribution in [0.2, 0.25) is 0 Å². The summed E-state index contributed by atoms with van der Waals surface area (Å²) in [6, 6.07) is 2.35. The number of hydrogen-bond acceptors (Lipinski definition) is 5. The molecule has 1 aliphatic heterocycles. The van der Waals surface area contributed by atoms with E-state index in [9.17, 15) is 0 Å². The minimum atomic E-state index is 0.374. The molecule has 2 aromatic heterocycles. The Morgan fingerprint density at radius 3 is 3.18 bits per heavy atom. The molecule has 0 radical (unpaired) electrons. The Labute approximate surface area is 99.2 Å². The molecule has 0 bridgehead atoms. The maximum Gasteiger partial charge on any atom is 0.230 e. The van der Waals surface area contributed by atoms with Crippen LogP contribution in [-0.4, -0.2) is 22.7 Å². The largest absolute Gasteiger partial charge is 0.472 e. The van der Waals surface area contributed by atoms with Crippen LogP contribution < -0.4 is 5.32 Å². The van der Waals surface area contributed by atoms with Crippen LogP contribution in [0.1, 0.15) is 31.6 Å². The topological polar surface area (TPSA) is 64.1 Å². The van der Waals surface area contributed by atoms with E-state index in [1.165, 1.54) is 0 Å². The summed E-state index contributed by atoms with van der Waals surface area (Å²) in [5, 5.41) is 7.40. The number of rotatable bonds is 2. The Morgan fingerprint density at radius 1 is 1.47 bits per heavy atom. The molecule has 3 rings (SSSR count). The Hall–Kier alpha value is -1.62. The zero-order valence-electron chi connectivity index (χ0n) is 9.72. The van der Waals surface area contributed by atoms with Crippen LogP contribution in [0.4, 0.5) is 0 Å². The third-order valence-corrected chi connectivity index (χ3v) is 3.19. The van der Waals surface area contributed by atoms with Gasteiger partial charge in [0.1, 0.15) is 6.26 Å². The maximum absolute atomic E-state index is 5.35. The number of furan rings is 1. The highest BCUT2D eigenvalue weighted by Gasteiger charge is 2.25. The average Bonchev–Trinajstić information content (AvgIpc) is 3.00. The normalized spacial score (nSPS) is 25.0. The van der Waals surface area contributed by atoms with E-state index < -0.39 is 0 Å². The summed E-state index contributed by atoms with van der Waals surface area (Å²) in [4.78, 5) is 4.45. The van der Waals surface area contributed by atoms with Crippen molar-refractivity contribution >= 4 is 0 Å². The van der Waals surface area contributed by atoms with Crippen molar-refractivity contribution in [3.8, 4) is 11.4 Å². The first-order valence-electron chi connectivity index (χ1n) is 5.92. The molecule has 2 unspecified atom stereocenters. The number of aromatic nitrogens is 2. The van der Waals surface area contributed by atoms with Gasteiger partial charge in [0.05, 0.1) is 11.8 Å². The molecule has 0 aromatic carbocycles. The van der Waals surface area contributed by atoms with Crippen molar-refractivity contribution in [1.29, 1.82) is 0 Å². The molecule has 5 nitrogen and oxygen atoms in total. The van der Waals surface area contributed by atoms with Crippen molar-refractivity contribution in [1.82, 2.24) is 15.5 Å². The number of nitrogens with zero attached hydrogens (tertiary/aromatic N) is 2. The van der Waals surface area contributed by atoms with Crippen LogP contribution in [0.3, 0.4) is 0 Å². The summed E-state index contributed by atoms with van der Waals surface area (Å²) < 4.78 is 10.4. The van der Waals surface area contributed by atoms with Gasteiger partial charge in [0, 0.05) is 12.0 Å².